The first-order valence-corrected chi connectivity index (χ1v) is 9.29. The van der Waals surface area contributed by atoms with Gasteiger partial charge in [0.15, 0.2) is 5.78 Å². The van der Waals surface area contributed by atoms with Crippen LogP contribution in [0.25, 0.3) is 0 Å². The molecule has 0 saturated heterocycles. The summed E-state index contributed by atoms with van der Waals surface area (Å²) in [5.74, 6) is -0.930. The minimum Gasteiger partial charge on any atom is -0.481 e. The molecular formula is C22H30O4. The molecule has 0 aliphatic heterocycles. The fraction of sp³-hybridized carbons (Fsp3) is 0.455. The van der Waals surface area contributed by atoms with Crippen molar-refractivity contribution >= 4 is 11.8 Å². The molecule has 0 bridgehead atoms. The highest BCUT2D eigenvalue weighted by atomic mass is 16.4. The molecule has 0 amide bonds. The summed E-state index contributed by atoms with van der Waals surface area (Å²) in [6.45, 7) is 2.09. The van der Waals surface area contributed by atoms with E-state index in [9.17, 15) is 14.7 Å². The fourth-order valence-corrected chi connectivity index (χ4v) is 2.70. The summed E-state index contributed by atoms with van der Waals surface area (Å²) in [5.41, 5.74) is 0. The molecule has 0 aromatic carbocycles. The Labute approximate surface area is 156 Å². The number of carbonyl (C=O) groups excluding carboxylic acids is 1. The van der Waals surface area contributed by atoms with E-state index in [1.54, 1.807) is 18.2 Å². The van der Waals surface area contributed by atoms with Gasteiger partial charge in [-0.05, 0) is 44.1 Å². The first-order valence-electron chi connectivity index (χ1n) is 9.29. The molecule has 142 valence electrons. The zero-order chi connectivity index (χ0) is 19.2. The first kappa shape index (κ1) is 21.8. The van der Waals surface area contributed by atoms with Gasteiger partial charge in [0.1, 0.15) is 0 Å². The number of aliphatic carboxylic acids is 1. The number of aliphatic hydroxyl groups is 1. The largest absolute Gasteiger partial charge is 0.481 e. The smallest absolute Gasteiger partial charge is 0.303 e. The van der Waals surface area contributed by atoms with Crippen molar-refractivity contribution < 1.29 is 19.8 Å². The number of aliphatic hydroxyl groups excluding tert-OH is 1. The number of carbonyl (C=O) groups is 2. The second-order valence-electron chi connectivity index (χ2n) is 6.37. The van der Waals surface area contributed by atoms with E-state index >= 15 is 0 Å². The van der Waals surface area contributed by atoms with Crippen LogP contribution in [0.3, 0.4) is 0 Å². The number of allylic oxidation sites excluding steroid dienone is 8. The molecular weight excluding hydrogens is 328 g/mol. The van der Waals surface area contributed by atoms with E-state index in [0.29, 0.717) is 19.3 Å². The second-order valence-corrected chi connectivity index (χ2v) is 6.37. The third-order valence-electron chi connectivity index (χ3n) is 4.16. The molecule has 1 aliphatic carbocycles. The molecule has 0 aromatic heterocycles. The minimum atomic E-state index is -0.809. The Balaban J connectivity index is 2.41. The molecule has 26 heavy (non-hydrogen) atoms. The Bertz CT molecular complexity index is 581. The van der Waals surface area contributed by atoms with Crippen molar-refractivity contribution in [2.24, 2.45) is 11.8 Å². The lowest BCUT2D eigenvalue weighted by molar-refractivity contribution is -0.136. The molecule has 0 aromatic rings. The molecule has 1 aliphatic rings. The summed E-state index contributed by atoms with van der Waals surface area (Å²) >= 11 is 0. The maximum Gasteiger partial charge on any atom is 0.303 e. The summed E-state index contributed by atoms with van der Waals surface area (Å²) in [6, 6.07) is 0. The second kappa shape index (κ2) is 13.1. The fourth-order valence-electron chi connectivity index (χ4n) is 2.70. The van der Waals surface area contributed by atoms with Gasteiger partial charge in [-0.25, -0.2) is 0 Å². The summed E-state index contributed by atoms with van der Waals surface area (Å²) in [6.07, 6.45) is 22.1. The lowest BCUT2D eigenvalue weighted by atomic mass is 9.90. The molecule has 3 atom stereocenters. The average Bonchev–Trinajstić information content (AvgIpc) is 2.95. The number of rotatable bonds is 12. The standard InChI is InChI=1S/C22H30O4/c1-2-3-4-5-6-9-12-19(23)15-16-20-18(14-17-21(20)24)11-8-7-10-13-22(25)26/h3-4,6-9,14-20,23H,2,5,10-13H2,1H3,(H,25,26)/b4-3-,8-7-,9-6-,16-15+/t18-,19+,20+/m1/s1. The van der Waals surface area contributed by atoms with Crippen molar-refractivity contribution in [3.05, 3.63) is 60.8 Å². The molecule has 0 unspecified atom stereocenters. The van der Waals surface area contributed by atoms with Gasteiger partial charge >= 0.3 is 5.97 Å². The number of ketones is 1. The van der Waals surface area contributed by atoms with Crippen LogP contribution in [0.1, 0.15) is 45.4 Å². The van der Waals surface area contributed by atoms with Crippen molar-refractivity contribution in [2.75, 3.05) is 0 Å². The summed E-state index contributed by atoms with van der Waals surface area (Å²) in [5, 5.41) is 18.6. The van der Waals surface area contributed by atoms with E-state index in [1.165, 1.54) is 0 Å². The Kier molecular flexibility index (Phi) is 11.0. The zero-order valence-electron chi connectivity index (χ0n) is 15.5. The monoisotopic (exact) mass is 358 g/mol. The zero-order valence-corrected chi connectivity index (χ0v) is 15.5. The average molecular weight is 358 g/mol. The lowest BCUT2D eigenvalue weighted by Crippen LogP contribution is -2.14. The third kappa shape index (κ3) is 9.33. The Morgan fingerprint density at radius 2 is 1.96 bits per heavy atom. The number of carboxylic acids is 1. The van der Waals surface area contributed by atoms with E-state index in [4.69, 9.17) is 5.11 Å². The van der Waals surface area contributed by atoms with Gasteiger partial charge in [-0.1, -0.05) is 61.6 Å². The minimum absolute atomic E-state index is 0.0534. The molecule has 0 radical (unpaired) electrons. The highest BCUT2D eigenvalue weighted by Gasteiger charge is 2.26. The van der Waals surface area contributed by atoms with Crippen molar-refractivity contribution in [2.45, 2.75) is 51.6 Å². The van der Waals surface area contributed by atoms with Gasteiger partial charge in [0.25, 0.3) is 0 Å². The van der Waals surface area contributed by atoms with Gasteiger partial charge < -0.3 is 10.2 Å². The van der Waals surface area contributed by atoms with Gasteiger partial charge in [0.2, 0.25) is 0 Å². The van der Waals surface area contributed by atoms with Crippen LogP contribution in [0.5, 0.6) is 0 Å². The van der Waals surface area contributed by atoms with Gasteiger partial charge in [0, 0.05) is 12.3 Å². The van der Waals surface area contributed by atoms with Crippen LogP contribution in [-0.2, 0) is 9.59 Å². The van der Waals surface area contributed by atoms with E-state index < -0.39 is 12.1 Å². The van der Waals surface area contributed by atoms with Crippen molar-refractivity contribution in [3.8, 4) is 0 Å². The van der Waals surface area contributed by atoms with Crippen molar-refractivity contribution in [1.82, 2.24) is 0 Å². The summed E-state index contributed by atoms with van der Waals surface area (Å²) in [4.78, 5) is 22.5. The molecule has 2 N–H and O–H groups in total. The normalized spacial score (nSPS) is 21.8. The number of hydrogen-bond donors (Lipinski definition) is 2. The maximum absolute atomic E-state index is 12.0. The Hall–Kier alpha value is -2.20. The van der Waals surface area contributed by atoms with Gasteiger partial charge in [-0.15, -0.1) is 0 Å². The van der Waals surface area contributed by atoms with Crippen LogP contribution >= 0.6 is 0 Å². The van der Waals surface area contributed by atoms with Crippen LogP contribution in [0, 0.1) is 11.8 Å². The molecule has 1 rings (SSSR count). The van der Waals surface area contributed by atoms with E-state index in [0.717, 1.165) is 12.8 Å². The quantitative estimate of drug-likeness (QED) is 0.507. The van der Waals surface area contributed by atoms with E-state index in [-0.39, 0.29) is 24.0 Å². The molecule has 0 spiro atoms. The molecule has 0 saturated carbocycles. The van der Waals surface area contributed by atoms with Crippen LogP contribution < -0.4 is 0 Å². The maximum atomic E-state index is 12.0. The summed E-state index contributed by atoms with van der Waals surface area (Å²) < 4.78 is 0. The van der Waals surface area contributed by atoms with Gasteiger partial charge in [-0.3, -0.25) is 9.59 Å². The molecule has 0 fully saturated rings. The Morgan fingerprint density at radius 3 is 2.69 bits per heavy atom. The highest BCUT2D eigenvalue weighted by molar-refractivity contribution is 5.95. The lowest BCUT2D eigenvalue weighted by Gasteiger charge is -2.13. The van der Waals surface area contributed by atoms with E-state index in [1.807, 2.05) is 30.4 Å². The molecule has 4 nitrogen and oxygen atoms in total. The topological polar surface area (TPSA) is 74.6 Å². The highest BCUT2D eigenvalue weighted by Crippen LogP contribution is 2.27. The van der Waals surface area contributed by atoms with E-state index in [2.05, 4.69) is 19.1 Å². The van der Waals surface area contributed by atoms with Gasteiger partial charge in [-0.2, -0.15) is 0 Å². The number of hydrogen-bond acceptors (Lipinski definition) is 3. The van der Waals surface area contributed by atoms with Gasteiger partial charge in [0.05, 0.1) is 6.10 Å². The van der Waals surface area contributed by atoms with Crippen molar-refractivity contribution in [1.29, 1.82) is 0 Å². The van der Waals surface area contributed by atoms with Crippen LogP contribution in [-0.4, -0.2) is 28.1 Å². The SMILES string of the molecule is CC/C=C\C/C=C\C[C@H](O)/C=C/[C@@H]1C(=O)C=C[C@H]1C/C=C\CCC(=O)O. The van der Waals surface area contributed by atoms with Crippen LogP contribution in [0.4, 0.5) is 0 Å². The number of carboxylic acid groups (broad SMARTS) is 1. The summed E-state index contributed by atoms with van der Waals surface area (Å²) in [7, 11) is 0. The molecule has 0 heterocycles. The third-order valence-corrected chi connectivity index (χ3v) is 4.16. The van der Waals surface area contributed by atoms with Crippen molar-refractivity contribution in [3.63, 3.8) is 0 Å². The first-order chi connectivity index (χ1) is 12.5. The molecule has 4 heteroatoms. The predicted octanol–water partition coefficient (Wildman–Crippen LogP) is 4.39. The predicted molar refractivity (Wildman–Crippen MR) is 105 cm³/mol. The van der Waals surface area contributed by atoms with Crippen LogP contribution in [0.15, 0.2) is 60.8 Å². The van der Waals surface area contributed by atoms with Crippen LogP contribution in [0.2, 0.25) is 0 Å². The Morgan fingerprint density at radius 1 is 1.19 bits per heavy atom.